The van der Waals surface area contributed by atoms with Crippen LogP contribution in [-0.2, 0) is 9.53 Å². The van der Waals surface area contributed by atoms with Gasteiger partial charge in [0.15, 0.2) is 0 Å². The van der Waals surface area contributed by atoms with Gasteiger partial charge in [-0.05, 0) is 25.1 Å². The van der Waals surface area contributed by atoms with E-state index in [1.54, 1.807) is 18.2 Å². The molecule has 1 aromatic carbocycles. The van der Waals surface area contributed by atoms with Crippen molar-refractivity contribution in [1.82, 2.24) is 5.32 Å². The fourth-order valence-electron chi connectivity index (χ4n) is 4.09. The van der Waals surface area contributed by atoms with Crippen molar-refractivity contribution in [2.24, 2.45) is 0 Å². The number of halogens is 1. The Balaban J connectivity index is 1.42. The van der Waals surface area contributed by atoms with Gasteiger partial charge in [-0.2, -0.15) is 0 Å². The number of hydrogen-bond acceptors (Lipinski definition) is 8. The highest BCUT2D eigenvalue weighted by Gasteiger charge is 2.33. The maximum absolute atomic E-state index is 15.0. The number of nitrogens with one attached hydrogen (secondary N) is 1. The van der Waals surface area contributed by atoms with Gasteiger partial charge < -0.3 is 24.3 Å². The van der Waals surface area contributed by atoms with Crippen molar-refractivity contribution >= 4 is 35.1 Å². The first kappa shape index (κ1) is 22.4. The van der Waals surface area contributed by atoms with Crippen LogP contribution in [0.15, 0.2) is 34.7 Å². The van der Waals surface area contributed by atoms with Gasteiger partial charge >= 0.3 is 12.0 Å². The van der Waals surface area contributed by atoms with E-state index in [0.29, 0.717) is 36.9 Å². The van der Waals surface area contributed by atoms with E-state index in [9.17, 15) is 19.7 Å². The lowest BCUT2D eigenvalue weighted by molar-refractivity contribution is -0.401. The Morgan fingerprint density at radius 1 is 1.27 bits per heavy atom. The molecule has 2 saturated heterocycles. The molecule has 0 saturated carbocycles. The summed E-state index contributed by atoms with van der Waals surface area (Å²) in [4.78, 5) is 38.7. The smallest absolute Gasteiger partial charge is 0.434 e. The molecular formula is C21H24FN5O6. The molecule has 1 unspecified atom stereocenters. The lowest BCUT2D eigenvalue weighted by Crippen LogP contribution is -2.52. The lowest BCUT2D eigenvalue weighted by atomic mass is 10.1. The van der Waals surface area contributed by atoms with Crippen LogP contribution in [0.4, 0.5) is 32.3 Å². The van der Waals surface area contributed by atoms with Gasteiger partial charge in [0.25, 0.3) is 0 Å². The summed E-state index contributed by atoms with van der Waals surface area (Å²) in [5.41, 5.74) is 0.777. The molecule has 11 nitrogen and oxygen atoms in total. The Hall–Kier alpha value is -3.83. The van der Waals surface area contributed by atoms with Gasteiger partial charge in [0.1, 0.15) is 16.8 Å². The summed E-state index contributed by atoms with van der Waals surface area (Å²) in [5.74, 6) is -0.605. The van der Waals surface area contributed by atoms with E-state index >= 15 is 4.39 Å². The molecule has 0 radical (unpaired) electrons. The Morgan fingerprint density at radius 3 is 2.70 bits per heavy atom. The molecule has 2 aromatic rings. The maximum Gasteiger partial charge on any atom is 0.434 e. The number of cyclic esters (lactones) is 1. The van der Waals surface area contributed by atoms with E-state index in [1.165, 1.54) is 24.0 Å². The predicted molar refractivity (Wildman–Crippen MR) is 117 cm³/mol. The Morgan fingerprint density at radius 2 is 2.06 bits per heavy atom. The number of ether oxygens (including phenoxy) is 1. The largest absolute Gasteiger partial charge is 0.442 e. The average Bonchev–Trinajstić information content (AvgIpc) is 3.39. The number of carbonyl (C=O) groups is 2. The van der Waals surface area contributed by atoms with Crippen LogP contribution < -0.4 is 20.0 Å². The molecule has 2 atom stereocenters. The standard InChI is InChI=1S/C21H24FN5O6/c1-13-11-24(7-8-25(13)19-5-6-20(33-19)27(30)31)18-4-3-15(9-17(18)22)26-12-16(32-21(26)29)10-23-14(2)28/h3-6,9,13,16H,7-8,10-12H2,1-2H3,(H,23,28)/t13?,16-/m0/s1. The maximum atomic E-state index is 15.0. The highest BCUT2D eigenvalue weighted by Crippen LogP contribution is 2.31. The summed E-state index contributed by atoms with van der Waals surface area (Å²) in [6.07, 6.45) is -1.09. The molecule has 1 N–H and O–H groups in total. The Bertz CT molecular complexity index is 1080. The van der Waals surface area contributed by atoms with Crippen molar-refractivity contribution in [3.8, 4) is 0 Å². The van der Waals surface area contributed by atoms with Crippen molar-refractivity contribution in [2.45, 2.75) is 26.0 Å². The van der Waals surface area contributed by atoms with Gasteiger partial charge in [-0.15, -0.1) is 0 Å². The molecule has 1 aromatic heterocycles. The summed E-state index contributed by atoms with van der Waals surface area (Å²) in [5, 5.41) is 13.5. The van der Waals surface area contributed by atoms with Crippen molar-refractivity contribution in [3.63, 3.8) is 0 Å². The van der Waals surface area contributed by atoms with E-state index in [4.69, 9.17) is 9.15 Å². The number of piperazine rings is 1. The van der Waals surface area contributed by atoms with Gasteiger partial charge in [0.2, 0.25) is 11.8 Å². The zero-order valence-corrected chi connectivity index (χ0v) is 18.2. The molecule has 0 spiro atoms. The SMILES string of the molecule is CC(=O)NC[C@H]1CN(c2ccc(N3CCN(c4ccc([N+](=O)[O-])o4)C(C)C3)c(F)c2)C(=O)O1. The van der Waals surface area contributed by atoms with Crippen LogP contribution in [0.3, 0.4) is 0 Å². The van der Waals surface area contributed by atoms with Crippen molar-refractivity contribution in [3.05, 3.63) is 46.3 Å². The molecular weight excluding hydrogens is 437 g/mol. The summed E-state index contributed by atoms with van der Waals surface area (Å²) in [6.45, 7) is 5.18. The topological polar surface area (TPSA) is 121 Å². The molecule has 0 bridgehead atoms. The molecule has 2 aliphatic rings. The second-order valence-electron chi connectivity index (χ2n) is 8.05. The van der Waals surface area contributed by atoms with Crippen LogP contribution in [0.1, 0.15) is 13.8 Å². The van der Waals surface area contributed by atoms with Gasteiger partial charge in [0, 0.05) is 38.7 Å². The predicted octanol–water partition coefficient (Wildman–Crippen LogP) is 2.50. The first-order valence-electron chi connectivity index (χ1n) is 10.5. The Labute approximate surface area is 188 Å². The molecule has 2 amide bonds. The van der Waals surface area contributed by atoms with Crippen LogP contribution in [0.5, 0.6) is 0 Å². The summed E-state index contributed by atoms with van der Waals surface area (Å²) in [6, 6.07) is 7.38. The van der Waals surface area contributed by atoms with Gasteiger partial charge in [-0.1, -0.05) is 0 Å². The number of amides is 2. The molecule has 2 fully saturated rings. The molecule has 2 aliphatic heterocycles. The lowest BCUT2D eigenvalue weighted by Gasteiger charge is -2.40. The number of furan rings is 1. The minimum atomic E-state index is -0.590. The summed E-state index contributed by atoms with van der Waals surface area (Å²) >= 11 is 0. The van der Waals surface area contributed by atoms with Crippen molar-refractivity contribution in [1.29, 1.82) is 0 Å². The quantitative estimate of drug-likeness (QED) is 0.515. The zero-order chi connectivity index (χ0) is 23.7. The number of carbonyl (C=O) groups excluding carboxylic acids is 2. The van der Waals surface area contributed by atoms with Crippen molar-refractivity contribution < 1.29 is 28.1 Å². The van der Waals surface area contributed by atoms with Crippen LogP contribution in [-0.4, -0.2) is 61.8 Å². The summed E-state index contributed by atoms with van der Waals surface area (Å²) < 4.78 is 25.6. The van der Waals surface area contributed by atoms with E-state index in [0.717, 1.165) is 0 Å². The fraction of sp³-hybridized carbons (Fsp3) is 0.429. The second kappa shape index (κ2) is 8.96. The van der Waals surface area contributed by atoms with Gasteiger partial charge in [0.05, 0.1) is 30.5 Å². The first-order chi connectivity index (χ1) is 15.7. The molecule has 176 valence electrons. The van der Waals surface area contributed by atoms with Gasteiger partial charge in [-0.25, -0.2) is 9.18 Å². The highest BCUT2D eigenvalue weighted by molar-refractivity contribution is 5.90. The molecule has 4 rings (SSSR count). The number of anilines is 3. The van der Waals surface area contributed by atoms with Crippen LogP contribution >= 0.6 is 0 Å². The normalized spacial score (nSPS) is 20.7. The van der Waals surface area contributed by atoms with E-state index in [2.05, 4.69) is 5.32 Å². The molecule has 0 aliphatic carbocycles. The van der Waals surface area contributed by atoms with E-state index in [-0.39, 0.29) is 30.9 Å². The first-order valence-corrected chi connectivity index (χ1v) is 10.5. The number of nitro groups is 1. The minimum Gasteiger partial charge on any atom is -0.442 e. The third kappa shape index (κ3) is 4.69. The number of benzene rings is 1. The number of rotatable bonds is 6. The monoisotopic (exact) mass is 461 g/mol. The zero-order valence-electron chi connectivity index (χ0n) is 18.2. The highest BCUT2D eigenvalue weighted by atomic mass is 19.1. The molecule has 12 heteroatoms. The van der Waals surface area contributed by atoms with Crippen LogP contribution in [0.25, 0.3) is 0 Å². The second-order valence-corrected chi connectivity index (χ2v) is 8.05. The third-order valence-electron chi connectivity index (χ3n) is 5.70. The summed E-state index contributed by atoms with van der Waals surface area (Å²) in [7, 11) is 0. The van der Waals surface area contributed by atoms with E-state index in [1.807, 2.05) is 16.7 Å². The number of hydrogen-bond donors (Lipinski definition) is 1. The van der Waals surface area contributed by atoms with Crippen LogP contribution in [0.2, 0.25) is 0 Å². The molecule has 3 heterocycles. The molecule has 33 heavy (non-hydrogen) atoms. The van der Waals surface area contributed by atoms with E-state index < -0.39 is 22.9 Å². The van der Waals surface area contributed by atoms with Gasteiger partial charge in [-0.3, -0.25) is 19.8 Å². The third-order valence-corrected chi connectivity index (χ3v) is 5.70. The van der Waals surface area contributed by atoms with Crippen molar-refractivity contribution in [2.75, 3.05) is 47.4 Å². The average molecular weight is 461 g/mol. The fourth-order valence-corrected chi connectivity index (χ4v) is 4.09. The van der Waals surface area contributed by atoms with Crippen LogP contribution in [0, 0.1) is 15.9 Å². The minimum absolute atomic E-state index is 0.0772. The number of nitrogens with zero attached hydrogens (tertiary/aromatic N) is 4. The Kier molecular flexibility index (Phi) is 6.07.